The second-order valence-corrected chi connectivity index (χ2v) is 5.33. The molecule has 6 nitrogen and oxygen atoms in total. The number of carbonyl (C=O) groups excluding carboxylic acids is 2. The quantitative estimate of drug-likeness (QED) is 0.779. The Balaban J connectivity index is 1.72. The molecule has 2 amide bonds. The van der Waals surface area contributed by atoms with E-state index in [-0.39, 0.29) is 12.0 Å². The molecule has 0 aromatic heterocycles. The topological polar surface area (TPSA) is 59.1 Å². The van der Waals surface area contributed by atoms with Crippen molar-refractivity contribution in [2.75, 3.05) is 46.0 Å². The van der Waals surface area contributed by atoms with Crippen LogP contribution in [0.15, 0.2) is 0 Å². The predicted molar refractivity (Wildman–Crippen MR) is 73.3 cm³/mol. The third-order valence-electron chi connectivity index (χ3n) is 3.96. The van der Waals surface area contributed by atoms with E-state index in [1.54, 1.807) is 11.8 Å². The molecule has 0 N–H and O–H groups in total. The predicted octanol–water partition coefficient (Wildman–Crippen LogP) is 1.10. The summed E-state index contributed by atoms with van der Waals surface area (Å²) in [6, 6.07) is 0. The second kappa shape index (κ2) is 7.47. The van der Waals surface area contributed by atoms with Crippen LogP contribution < -0.4 is 0 Å². The van der Waals surface area contributed by atoms with Crippen molar-refractivity contribution in [3.8, 4) is 0 Å². The van der Waals surface area contributed by atoms with Crippen LogP contribution in [0.5, 0.6) is 0 Å². The minimum Gasteiger partial charge on any atom is -0.450 e. The fourth-order valence-corrected chi connectivity index (χ4v) is 2.68. The molecular weight excluding hydrogens is 260 g/mol. The maximum Gasteiger partial charge on any atom is 0.409 e. The third kappa shape index (κ3) is 4.10. The van der Waals surface area contributed by atoms with Crippen LogP contribution in [0.1, 0.15) is 26.2 Å². The average Bonchev–Trinajstić information content (AvgIpc) is 2.48. The first-order valence-electron chi connectivity index (χ1n) is 7.48. The fraction of sp³-hybridized carbons (Fsp3) is 0.857. The highest BCUT2D eigenvalue weighted by atomic mass is 16.6. The van der Waals surface area contributed by atoms with Crippen molar-refractivity contribution >= 4 is 12.0 Å². The second-order valence-electron chi connectivity index (χ2n) is 5.33. The summed E-state index contributed by atoms with van der Waals surface area (Å²) in [7, 11) is 0. The maximum absolute atomic E-state index is 12.2. The molecule has 0 aromatic carbocycles. The molecule has 0 saturated carbocycles. The van der Waals surface area contributed by atoms with Gasteiger partial charge in [-0.2, -0.15) is 0 Å². The SMILES string of the molecule is CCOC(=O)N1CCN(C(=O)CC2CCOCC2)CC1. The van der Waals surface area contributed by atoms with Gasteiger partial charge in [-0.15, -0.1) is 0 Å². The lowest BCUT2D eigenvalue weighted by Crippen LogP contribution is -2.51. The Morgan fingerprint density at radius 2 is 1.70 bits per heavy atom. The number of amides is 2. The molecule has 2 heterocycles. The molecule has 0 aliphatic carbocycles. The largest absolute Gasteiger partial charge is 0.450 e. The van der Waals surface area contributed by atoms with E-state index in [9.17, 15) is 9.59 Å². The van der Waals surface area contributed by atoms with Crippen LogP contribution in [0, 0.1) is 5.92 Å². The number of nitrogens with zero attached hydrogens (tertiary/aromatic N) is 2. The Labute approximate surface area is 120 Å². The molecule has 0 unspecified atom stereocenters. The number of hydrogen-bond acceptors (Lipinski definition) is 4. The number of piperazine rings is 1. The zero-order valence-electron chi connectivity index (χ0n) is 12.2. The Bertz CT molecular complexity index is 334. The highest BCUT2D eigenvalue weighted by Crippen LogP contribution is 2.20. The Kier molecular flexibility index (Phi) is 5.64. The zero-order chi connectivity index (χ0) is 14.4. The molecule has 2 aliphatic heterocycles. The summed E-state index contributed by atoms with van der Waals surface area (Å²) in [5.41, 5.74) is 0. The van der Waals surface area contributed by atoms with Gasteiger partial charge in [-0.1, -0.05) is 0 Å². The minimum absolute atomic E-state index is 0.209. The highest BCUT2D eigenvalue weighted by Gasteiger charge is 2.26. The molecule has 0 bridgehead atoms. The van der Waals surface area contributed by atoms with E-state index in [4.69, 9.17) is 9.47 Å². The molecule has 2 fully saturated rings. The normalized spacial score (nSPS) is 20.9. The van der Waals surface area contributed by atoms with Crippen LogP contribution in [-0.2, 0) is 14.3 Å². The lowest BCUT2D eigenvalue weighted by molar-refractivity contribution is -0.134. The van der Waals surface area contributed by atoms with Crippen LogP contribution >= 0.6 is 0 Å². The zero-order valence-corrected chi connectivity index (χ0v) is 12.2. The lowest BCUT2D eigenvalue weighted by Gasteiger charge is -2.35. The lowest BCUT2D eigenvalue weighted by atomic mass is 9.96. The van der Waals surface area contributed by atoms with E-state index in [2.05, 4.69) is 0 Å². The molecule has 2 rings (SSSR count). The number of rotatable bonds is 3. The molecule has 0 radical (unpaired) electrons. The summed E-state index contributed by atoms with van der Waals surface area (Å²) in [6.07, 6.45) is 2.30. The van der Waals surface area contributed by atoms with E-state index in [0.29, 0.717) is 45.1 Å². The van der Waals surface area contributed by atoms with E-state index in [0.717, 1.165) is 26.1 Å². The van der Waals surface area contributed by atoms with E-state index < -0.39 is 0 Å². The first kappa shape index (κ1) is 15.1. The summed E-state index contributed by atoms with van der Waals surface area (Å²) in [4.78, 5) is 27.3. The molecule has 20 heavy (non-hydrogen) atoms. The van der Waals surface area contributed by atoms with E-state index in [1.165, 1.54) is 0 Å². The Morgan fingerprint density at radius 3 is 2.30 bits per heavy atom. The molecule has 0 aromatic rings. The molecule has 2 aliphatic rings. The van der Waals surface area contributed by atoms with Gasteiger partial charge in [0.05, 0.1) is 6.61 Å². The summed E-state index contributed by atoms with van der Waals surface area (Å²) < 4.78 is 10.3. The Morgan fingerprint density at radius 1 is 1.10 bits per heavy atom. The van der Waals surface area contributed by atoms with Gasteiger partial charge in [-0.05, 0) is 25.7 Å². The van der Waals surface area contributed by atoms with Crippen molar-refractivity contribution in [1.82, 2.24) is 9.80 Å². The first-order valence-corrected chi connectivity index (χ1v) is 7.48. The van der Waals surface area contributed by atoms with Gasteiger partial charge in [-0.3, -0.25) is 4.79 Å². The van der Waals surface area contributed by atoms with Crippen molar-refractivity contribution in [2.24, 2.45) is 5.92 Å². The van der Waals surface area contributed by atoms with Crippen molar-refractivity contribution < 1.29 is 19.1 Å². The van der Waals surface area contributed by atoms with Crippen molar-refractivity contribution in [3.63, 3.8) is 0 Å². The smallest absolute Gasteiger partial charge is 0.409 e. The maximum atomic E-state index is 12.2. The molecule has 0 atom stereocenters. The van der Waals surface area contributed by atoms with E-state index in [1.807, 2.05) is 4.90 Å². The third-order valence-corrected chi connectivity index (χ3v) is 3.96. The van der Waals surface area contributed by atoms with Gasteiger partial charge in [0.1, 0.15) is 0 Å². The van der Waals surface area contributed by atoms with Gasteiger partial charge >= 0.3 is 6.09 Å². The van der Waals surface area contributed by atoms with Gasteiger partial charge in [0, 0.05) is 45.8 Å². The number of hydrogen-bond donors (Lipinski definition) is 0. The monoisotopic (exact) mass is 284 g/mol. The minimum atomic E-state index is -0.274. The number of ether oxygens (including phenoxy) is 2. The average molecular weight is 284 g/mol. The van der Waals surface area contributed by atoms with Crippen LogP contribution in [0.3, 0.4) is 0 Å². The molecular formula is C14H24N2O4. The summed E-state index contributed by atoms with van der Waals surface area (Å²) in [5.74, 6) is 0.666. The summed E-state index contributed by atoms with van der Waals surface area (Å²) in [6.45, 7) is 6.09. The van der Waals surface area contributed by atoms with Crippen LogP contribution in [-0.4, -0.2) is 67.8 Å². The van der Waals surface area contributed by atoms with Crippen LogP contribution in [0.2, 0.25) is 0 Å². The van der Waals surface area contributed by atoms with Gasteiger partial charge in [0.25, 0.3) is 0 Å². The van der Waals surface area contributed by atoms with Gasteiger partial charge < -0.3 is 19.3 Å². The van der Waals surface area contributed by atoms with Crippen molar-refractivity contribution in [2.45, 2.75) is 26.2 Å². The van der Waals surface area contributed by atoms with Gasteiger partial charge in [-0.25, -0.2) is 4.79 Å². The fourth-order valence-electron chi connectivity index (χ4n) is 2.68. The highest BCUT2D eigenvalue weighted by molar-refractivity contribution is 5.77. The Hall–Kier alpha value is -1.30. The standard InChI is InChI=1S/C14H24N2O4/c1-2-20-14(18)16-7-5-15(6-8-16)13(17)11-12-3-9-19-10-4-12/h12H,2-11H2,1H3. The first-order chi connectivity index (χ1) is 9.70. The molecule has 2 saturated heterocycles. The van der Waals surface area contributed by atoms with Gasteiger partial charge in [0.2, 0.25) is 5.91 Å². The van der Waals surface area contributed by atoms with Crippen LogP contribution in [0.25, 0.3) is 0 Å². The van der Waals surface area contributed by atoms with Crippen LogP contribution in [0.4, 0.5) is 4.79 Å². The number of carbonyl (C=O) groups is 2. The van der Waals surface area contributed by atoms with Gasteiger partial charge in [0.15, 0.2) is 0 Å². The molecule has 0 spiro atoms. The van der Waals surface area contributed by atoms with Crippen molar-refractivity contribution in [1.29, 1.82) is 0 Å². The molecule has 114 valence electrons. The molecule has 6 heteroatoms. The summed E-state index contributed by atoms with van der Waals surface area (Å²) in [5, 5.41) is 0. The van der Waals surface area contributed by atoms with E-state index >= 15 is 0 Å². The summed E-state index contributed by atoms with van der Waals surface area (Å²) >= 11 is 0. The van der Waals surface area contributed by atoms with Crippen molar-refractivity contribution in [3.05, 3.63) is 0 Å².